The van der Waals surface area contributed by atoms with Crippen molar-refractivity contribution < 1.29 is 0 Å². The molecule has 0 bridgehead atoms. The van der Waals surface area contributed by atoms with E-state index in [-0.39, 0.29) is 0 Å². The maximum atomic E-state index is 4.69. The van der Waals surface area contributed by atoms with Gasteiger partial charge >= 0.3 is 0 Å². The molecule has 3 N–H and O–H groups in total. The van der Waals surface area contributed by atoms with Crippen LogP contribution in [-0.2, 0) is 0 Å². The van der Waals surface area contributed by atoms with Gasteiger partial charge in [-0.25, -0.2) is 39.9 Å². The lowest BCUT2D eigenvalue weighted by atomic mass is 10.1. The number of pyridine rings is 1. The molecule has 0 radical (unpaired) electrons. The molecule has 0 unspecified atom stereocenters. The maximum Gasteiger partial charge on any atom is 0.200 e. The number of rotatable bonds is 0. The first-order valence-electron chi connectivity index (χ1n) is 8.12. The number of nitrogens with zero attached hydrogens (tertiary/aromatic N) is 8. The second-order valence-electron chi connectivity index (χ2n) is 6.17. The summed E-state index contributed by atoms with van der Waals surface area (Å²) in [6.07, 6.45) is 4.56. The Bertz CT molecular complexity index is 1340. The van der Waals surface area contributed by atoms with Crippen molar-refractivity contribution in [3.05, 3.63) is 25.0 Å². The van der Waals surface area contributed by atoms with E-state index in [1.54, 1.807) is 6.33 Å². The molecule has 7 rings (SSSR count). The van der Waals surface area contributed by atoms with Crippen LogP contribution in [0.4, 0.5) is 0 Å². The highest BCUT2D eigenvalue weighted by atomic mass is 15.1. The minimum Gasteiger partial charge on any atom is -0.343 e. The van der Waals surface area contributed by atoms with E-state index in [1.165, 1.54) is 12.7 Å². The molecule has 0 amide bonds. The van der Waals surface area contributed by atoms with E-state index >= 15 is 0 Å². The van der Waals surface area contributed by atoms with E-state index in [0.717, 1.165) is 27.6 Å². The van der Waals surface area contributed by atoms with Gasteiger partial charge in [-0.3, -0.25) is 0 Å². The van der Waals surface area contributed by atoms with Gasteiger partial charge in [-0.05, 0) is 6.07 Å². The normalized spacial score (nSPS) is 12.4. The molecule has 0 aliphatic heterocycles. The van der Waals surface area contributed by atoms with Crippen LogP contribution in [0, 0.1) is 0 Å². The van der Waals surface area contributed by atoms with Gasteiger partial charge < -0.3 is 15.0 Å². The monoisotopic (exact) mass is 353 g/mol. The fraction of sp³-hybridized carbons (Fsp3) is 0. The predicted octanol–water partition coefficient (Wildman–Crippen LogP) is 1.75. The van der Waals surface area contributed by atoms with Gasteiger partial charge in [0.2, 0.25) is 0 Å². The van der Waals surface area contributed by atoms with Crippen LogP contribution in [0.25, 0.3) is 66.7 Å². The number of H-pyrrole nitrogens is 3. The van der Waals surface area contributed by atoms with E-state index < -0.39 is 0 Å². The fourth-order valence-corrected chi connectivity index (χ4v) is 3.50. The molecular weight excluding hydrogens is 346 g/mol. The first kappa shape index (κ1) is 13.0. The van der Waals surface area contributed by atoms with Gasteiger partial charge in [0.1, 0.15) is 29.2 Å². The van der Waals surface area contributed by atoms with E-state index in [0.29, 0.717) is 39.1 Å². The molecule has 11 heteroatoms. The van der Waals surface area contributed by atoms with Crippen LogP contribution >= 0.6 is 0 Å². The first-order chi connectivity index (χ1) is 13.3. The average Bonchev–Trinajstić information content (AvgIpc) is 3.43. The average molecular weight is 353 g/mol. The van der Waals surface area contributed by atoms with Gasteiger partial charge in [-0.1, -0.05) is 0 Å². The Labute approximate surface area is 147 Å². The minimum atomic E-state index is 0.477. The molecule has 7 aromatic rings. The predicted molar refractivity (Wildman–Crippen MR) is 96.9 cm³/mol. The van der Waals surface area contributed by atoms with Crippen molar-refractivity contribution in [2.45, 2.75) is 0 Å². The molecular formula is C16H7N11. The van der Waals surface area contributed by atoms with E-state index in [2.05, 4.69) is 49.8 Å². The van der Waals surface area contributed by atoms with Crippen molar-refractivity contribution in [2.75, 3.05) is 0 Å². The van der Waals surface area contributed by atoms with E-state index in [4.69, 9.17) is 4.98 Å². The summed E-state index contributed by atoms with van der Waals surface area (Å²) in [4.78, 5) is 44.9. The third-order valence-electron chi connectivity index (χ3n) is 4.70. The largest absolute Gasteiger partial charge is 0.343 e. The van der Waals surface area contributed by atoms with Gasteiger partial charge in [0.05, 0.1) is 22.9 Å². The van der Waals surface area contributed by atoms with Crippen LogP contribution in [0.2, 0.25) is 0 Å². The van der Waals surface area contributed by atoms with Crippen molar-refractivity contribution in [2.24, 2.45) is 0 Å². The van der Waals surface area contributed by atoms with Crippen LogP contribution in [-0.4, -0.2) is 54.8 Å². The molecule has 1 aromatic carbocycles. The summed E-state index contributed by atoms with van der Waals surface area (Å²) in [5, 5.41) is 0.864. The van der Waals surface area contributed by atoms with Crippen molar-refractivity contribution in [3.8, 4) is 0 Å². The summed E-state index contributed by atoms with van der Waals surface area (Å²) in [5.74, 6) is 0. The molecule has 27 heavy (non-hydrogen) atoms. The minimum absolute atomic E-state index is 0.477. The molecule has 0 aliphatic carbocycles. The van der Waals surface area contributed by atoms with Crippen molar-refractivity contribution in [3.63, 3.8) is 0 Å². The summed E-state index contributed by atoms with van der Waals surface area (Å²) in [7, 11) is 0. The number of aromatic amines is 3. The lowest BCUT2D eigenvalue weighted by Crippen LogP contribution is -1.97. The maximum absolute atomic E-state index is 4.69. The Hall–Kier alpha value is -4.28. The highest BCUT2D eigenvalue weighted by molar-refractivity contribution is 6.22. The Morgan fingerprint density at radius 3 is 2.30 bits per heavy atom. The van der Waals surface area contributed by atoms with Crippen LogP contribution < -0.4 is 0 Å². The summed E-state index contributed by atoms with van der Waals surface area (Å²) in [6, 6.07) is 1.99. The second kappa shape index (κ2) is 4.27. The smallest absolute Gasteiger partial charge is 0.200 e. The zero-order chi connectivity index (χ0) is 17.5. The highest BCUT2D eigenvalue weighted by Crippen LogP contribution is 2.32. The zero-order valence-electron chi connectivity index (χ0n) is 13.4. The quantitative estimate of drug-likeness (QED) is 0.349. The van der Waals surface area contributed by atoms with Crippen molar-refractivity contribution >= 4 is 66.7 Å². The fourth-order valence-electron chi connectivity index (χ4n) is 3.50. The number of nitrogens with one attached hydrogen (secondary N) is 3. The summed E-state index contributed by atoms with van der Waals surface area (Å²) in [6.45, 7) is 0. The number of aromatic nitrogens is 11. The molecule has 6 heterocycles. The van der Waals surface area contributed by atoms with Crippen LogP contribution in [0.3, 0.4) is 0 Å². The van der Waals surface area contributed by atoms with Gasteiger partial charge in [-0.2, -0.15) is 0 Å². The summed E-state index contributed by atoms with van der Waals surface area (Å²) in [5.41, 5.74) is 7.17. The van der Waals surface area contributed by atoms with Crippen LogP contribution in [0.15, 0.2) is 25.0 Å². The Morgan fingerprint density at radius 1 is 0.630 bits per heavy atom. The number of benzene rings is 1. The Balaban J connectivity index is 1.87. The zero-order valence-corrected chi connectivity index (χ0v) is 13.4. The molecule has 0 aliphatic rings. The summed E-state index contributed by atoms with van der Waals surface area (Å²) >= 11 is 0. The lowest BCUT2D eigenvalue weighted by Gasteiger charge is -2.08. The second-order valence-corrected chi connectivity index (χ2v) is 6.17. The Kier molecular flexibility index (Phi) is 2.06. The number of imidazole rings is 3. The third kappa shape index (κ3) is 1.55. The number of fused-ring (bicyclic) bond motifs is 9. The van der Waals surface area contributed by atoms with Crippen LogP contribution in [0.1, 0.15) is 0 Å². The van der Waals surface area contributed by atoms with E-state index in [1.807, 2.05) is 6.07 Å². The van der Waals surface area contributed by atoms with Gasteiger partial charge in [0.25, 0.3) is 0 Å². The van der Waals surface area contributed by atoms with Gasteiger partial charge in [0.15, 0.2) is 28.2 Å². The standard InChI is InChI=1S/C16H7N11/c1-5-7(23-12-6(1)17-2-18-12)9-11(27-16-15(25-9)21-4-22-16)10-8(5)24-13-14(26-10)20-3-19-13/h1-4,23H,(H,17,18)(H,21,22,25,27). The number of hydrogen-bond acceptors (Lipinski definition) is 8. The molecule has 0 fully saturated rings. The third-order valence-corrected chi connectivity index (χ3v) is 4.70. The SMILES string of the molecule is c1nc2nc3c4cc5[nH]cnc5[nH]c4c4[nH]c5ncnc5nc4c3nc2n1. The topological polar surface area (TPSA) is 150 Å². The Morgan fingerprint density at radius 2 is 1.37 bits per heavy atom. The highest BCUT2D eigenvalue weighted by Gasteiger charge is 2.18. The molecule has 0 spiro atoms. The van der Waals surface area contributed by atoms with Crippen molar-refractivity contribution in [1.29, 1.82) is 0 Å². The molecule has 0 saturated carbocycles. The number of hydrogen-bond donors (Lipinski definition) is 3. The summed E-state index contributed by atoms with van der Waals surface area (Å²) < 4.78 is 0. The first-order valence-corrected chi connectivity index (χ1v) is 8.12. The van der Waals surface area contributed by atoms with Crippen LogP contribution in [0.5, 0.6) is 0 Å². The molecule has 11 nitrogen and oxygen atoms in total. The van der Waals surface area contributed by atoms with Gasteiger partial charge in [0, 0.05) is 5.39 Å². The molecule has 0 saturated heterocycles. The molecule has 6 aromatic heterocycles. The van der Waals surface area contributed by atoms with E-state index in [9.17, 15) is 0 Å². The lowest BCUT2D eigenvalue weighted by molar-refractivity contribution is 1.30. The van der Waals surface area contributed by atoms with Gasteiger partial charge in [-0.15, -0.1) is 0 Å². The van der Waals surface area contributed by atoms with Crippen molar-refractivity contribution in [1.82, 2.24) is 54.8 Å². The molecule has 0 atom stereocenters. The molecule has 126 valence electrons.